The number of amides is 2. The molecule has 9 nitrogen and oxygen atoms in total. The maximum absolute atomic E-state index is 13.4. The standard InChI is InChI=1S/C21H23FN6O3/c1-12-4-3-9-26(10-12)16(29)11-27-18-17(19(23)30)24-13(2)25-20(18)28(21(27)31)15-7-5-14(22)6-8-15/h5-8,12H,3-4,9-11H2,1-2H3,(H2,23,30)/t12-/m0/s1. The van der Waals surface area contributed by atoms with Crippen molar-refractivity contribution in [1.82, 2.24) is 24.0 Å². The Kier molecular flexibility index (Phi) is 5.30. The summed E-state index contributed by atoms with van der Waals surface area (Å²) in [5, 5.41) is 0. The van der Waals surface area contributed by atoms with Crippen molar-refractivity contribution >= 4 is 23.0 Å². The minimum absolute atomic E-state index is 0.0887. The molecule has 0 unspecified atom stereocenters. The number of halogens is 1. The number of aryl methyl sites for hydroxylation is 1. The molecule has 0 saturated carbocycles. The summed E-state index contributed by atoms with van der Waals surface area (Å²) in [5.41, 5.74) is 5.38. The molecule has 2 aromatic heterocycles. The molecule has 31 heavy (non-hydrogen) atoms. The lowest BCUT2D eigenvalue weighted by Gasteiger charge is -2.31. The number of likely N-dealkylation sites (tertiary alicyclic amines) is 1. The summed E-state index contributed by atoms with van der Waals surface area (Å²) < 4.78 is 15.9. The highest BCUT2D eigenvalue weighted by molar-refractivity contribution is 6.02. The number of carbonyl (C=O) groups is 2. The van der Waals surface area contributed by atoms with Crippen LogP contribution in [0.4, 0.5) is 4.39 Å². The van der Waals surface area contributed by atoms with E-state index in [9.17, 15) is 18.8 Å². The first-order valence-electron chi connectivity index (χ1n) is 10.1. The lowest BCUT2D eigenvalue weighted by molar-refractivity contribution is -0.133. The van der Waals surface area contributed by atoms with Crippen molar-refractivity contribution in [1.29, 1.82) is 0 Å². The van der Waals surface area contributed by atoms with E-state index in [1.165, 1.54) is 33.4 Å². The lowest BCUT2D eigenvalue weighted by atomic mass is 10.0. The Morgan fingerprint density at radius 3 is 2.58 bits per heavy atom. The van der Waals surface area contributed by atoms with Crippen molar-refractivity contribution in [2.45, 2.75) is 33.2 Å². The molecule has 10 heteroatoms. The van der Waals surface area contributed by atoms with Crippen LogP contribution in [0.5, 0.6) is 0 Å². The maximum Gasteiger partial charge on any atom is 0.335 e. The minimum Gasteiger partial charge on any atom is -0.364 e. The molecule has 0 radical (unpaired) electrons. The molecule has 1 saturated heterocycles. The van der Waals surface area contributed by atoms with Gasteiger partial charge >= 0.3 is 5.69 Å². The average molecular weight is 426 g/mol. The van der Waals surface area contributed by atoms with Crippen LogP contribution < -0.4 is 11.4 Å². The molecule has 1 atom stereocenters. The summed E-state index contributed by atoms with van der Waals surface area (Å²) in [4.78, 5) is 48.7. The van der Waals surface area contributed by atoms with Crippen molar-refractivity contribution in [2.24, 2.45) is 11.7 Å². The molecule has 1 aromatic carbocycles. The second kappa shape index (κ2) is 7.93. The summed E-state index contributed by atoms with van der Waals surface area (Å²) in [7, 11) is 0. The minimum atomic E-state index is -0.834. The quantitative estimate of drug-likeness (QED) is 0.677. The Balaban J connectivity index is 1.91. The number of nitrogens with zero attached hydrogens (tertiary/aromatic N) is 5. The lowest BCUT2D eigenvalue weighted by Crippen LogP contribution is -2.42. The van der Waals surface area contributed by atoms with Gasteiger partial charge in [-0.05, 0) is 49.9 Å². The predicted molar refractivity (Wildman–Crippen MR) is 111 cm³/mol. The number of aromatic nitrogens is 4. The van der Waals surface area contributed by atoms with Gasteiger partial charge in [0.15, 0.2) is 11.3 Å². The highest BCUT2D eigenvalue weighted by Gasteiger charge is 2.27. The highest BCUT2D eigenvalue weighted by atomic mass is 19.1. The molecule has 0 spiro atoms. The fourth-order valence-corrected chi connectivity index (χ4v) is 4.06. The number of rotatable bonds is 4. The van der Waals surface area contributed by atoms with Gasteiger partial charge in [-0.15, -0.1) is 0 Å². The molecule has 162 valence electrons. The third-order valence-corrected chi connectivity index (χ3v) is 5.50. The van der Waals surface area contributed by atoms with Crippen molar-refractivity contribution in [3.05, 3.63) is 52.1 Å². The second-order valence-corrected chi connectivity index (χ2v) is 7.92. The summed E-state index contributed by atoms with van der Waals surface area (Å²) >= 11 is 0. The van der Waals surface area contributed by atoms with E-state index in [1.807, 2.05) is 0 Å². The van der Waals surface area contributed by atoms with Gasteiger partial charge in [0.2, 0.25) is 5.91 Å². The van der Waals surface area contributed by atoms with Gasteiger partial charge in [-0.2, -0.15) is 0 Å². The first-order chi connectivity index (χ1) is 14.8. The molecule has 0 aliphatic carbocycles. The fourth-order valence-electron chi connectivity index (χ4n) is 4.06. The average Bonchev–Trinajstić information content (AvgIpc) is 2.99. The van der Waals surface area contributed by atoms with Crippen LogP contribution in [0.1, 0.15) is 36.1 Å². The zero-order valence-corrected chi connectivity index (χ0v) is 17.3. The third-order valence-electron chi connectivity index (χ3n) is 5.50. The van der Waals surface area contributed by atoms with Gasteiger partial charge in [-0.1, -0.05) is 6.92 Å². The van der Waals surface area contributed by atoms with Gasteiger partial charge < -0.3 is 10.6 Å². The second-order valence-electron chi connectivity index (χ2n) is 7.92. The molecule has 4 rings (SSSR count). The molecule has 2 N–H and O–H groups in total. The third kappa shape index (κ3) is 3.80. The van der Waals surface area contributed by atoms with Crippen LogP contribution in [-0.2, 0) is 11.3 Å². The van der Waals surface area contributed by atoms with Gasteiger partial charge in [0.25, 0.3) is 5.91 Å². The summed E-state index contributed by atoms with van der Waals surface area (Å²) in [6.07, 6.45) is 1.94. The number of benzene rings is 1. The van der Waals surface area contributed by atoms with Crippen molar-refractivity contribution in [3.63, 3.8) is 0 Å². The van der Waals surface area contributed by atoms with E-state index in [0.29, 0.717) is 24.7 Å². The van der Waals surface area contributed by atoms with E-state index in [-0.39, 0.29) is 35.1 Å². The van der Waals surface area contributed by atoms with Crippen LogP contribution in [0, 0.1) is 18.7 Å². The normalized spacial score (nSPS) is 16.6. The van der Waals surface area contributed by atoms with E-state index in [2.05, 4.69) is 16.9 Å². The summed E-state index contributed by atoms with van der Waals surface area (Å²) in [5.74, 6) is -0.909. The van der Waals surface area contributed by atoms with E-state index in [4.69, 9.17) is 5.73 Å². The number of piperidine rings is 1. The molecular weight excluding hydrogens is 403 g/mol. The van der Waals surface area contributed by atoms with Gasteiger partial charge in [-0.3, -0.25) is 14.2 Å². The molecule has 0 bridgehead atoms. The highest BCUT2D eigenvalue weighted by Crippen LogP contribution is 2.21. The molecule has 3 heterocycles. The van der Waals surface area contributed by atoms with Gasteiger partial charge in [-0.25, -0.2) is 23.7 Å². The van der Waals surface area contributed by atoms with E-state index in [0.717, 1.165) is 12.8 Å². The Morgan fingerprint density at radius 1 is 1.23 bits per heavy atom. The number of hydrogen-bond donors (Lipinski definition) is 1. The van der Waals surface area contributed by atoms with Gasteiger partial charge in [0.1, 0.15) is 23.7 Å². The van der Waals surface area contributed by atoms with E-state index < -0.39 is 17.4 Å². The van der Waals surface area contributed by atoms with Gasteiger partial charge in [0.05, 0.1) is 5.69 Å². The zero-order valence-electron chi connectivity index (χ0n) is 17.3. The van der Waals surface area contributed by atoms with Crippen molar-refractivity contribution in [3.8, 4) is 5.69 Å². The SMILES string of the molecule is Cc1nc(C(N)=O)c2c(n1)n(-c1ccc(F)cc1)c(=O)n2CC(=O)N1CCC[C@H](C)C1. The Bertz CT molecular complexity index is 1230. The van der Waals surface area contributed by atoms with Crippen LogP contribution in [-0.4, -0.2) is 48.9 Å². The first kappa shape index (κ1) is 20.7. The molecule has 1 fully saturated rings. The van der Waals surface area contributed by atoms with Crippen LogP contribution in [0.15, 0.2) is 29.1 Å². The van der Waals surface area contributed by atoms with E-state index >= 15 is 0 Å². The topological polar surface area (TPSA) is 116 Å². The zero-order chi connectivity index (χ0) is 22.3. The summed E-state index contributed by atoms with van der Waals surface area (Å²) in [6.45, 7) is 4.61. The van der Waals surface area contributed by atoms with Crippen molar-refractivity contribution in [2.75, 3.05) is 13.1 Å². The number of fused-ring (bicyclic) bond motifs is 1. The predicted octanol–water partition coefficient (Wildman–Crippen LogP) is 1.39. The van der Waals surface area contributed by atoms with Gasteiger partial charge in [0, 0.05) is 13.1 Å². The number of hydrogen-bond acceptors (Lipinski definition) is 5. The Morgan fingerprint density at radius 2 is 1.94 bits per heavy atom. The van der Waals surface area contributed by atoms with Crippen LogP contribution >= 0.6 is 0 Å². The monoisotopic (exact) mass is 426 g/mol. The number of primary amides is 1. The number of nitrogens with two attached hydrogens (primary N) is 1. The first-order valence-corrected chi connectivity index (χ1v) is 10.1. The van der Waals surface area contributed by atoms with Crippen molar-refractivity contribution < 1.29 is 14.0 Å². The Hall–Kier alpha value is -3.56. The molecule has 3 aromatic rings. The number of carbonyl (C=O) groups excluding carboxylic acids is 2. The largest absolute Gasteiger partial charge is 0.364 e. The van der Waals surface area contributed by atoms with Crippen LogP contribution in [0.25, 0.3) is 16.9 Å². The molecule has 1 aliphatic rings. The molecule has 2 amide bonds. The fraction of sp³-hybridized carbons (Fsp3) is 0.381. The molecular formula is C21H23FN6O3. The maximum atomic E-state index is 13.4. The number of imidazole rings is 1. The smallest absolute Gasteiger partial charge is 0.335 e. The Labute approximate surface area is 177 Å². The summed E-state index contributed by atoms with van der Waals surface area (Å²) in [6, 6.07) is 5.29. The van der Waals surface area contributed by atoms with Crippen LogP contribution in [0.2, 0.25) is 0 Å². The van der Waals surface area contributed by atoms with E-state index in [1.54, 1.807) is 11.8 Å². The van der Waals surface area contributed by atoms with Crippen LogP contribution in [0.3, 0.4) is 0 Å². The molecule has 1 aliphatic heterocycles.